The molecule has 1 aromatic carbocycles. The Bertz CT molecular complexity index is 609. The van der Waals surface area contributed by atoms with E-state index in [-0.39, 0.29) is 28.9 Å². The molecule has 2 rings (SSSR count). The molecule has 1 aliphatic heterocycles. The molecule has 0 aromatic heterocycles. The Morgan fingerprint density at radius 2 is 2.12 bits per heavy atom. The van der Waals surface area contributed by atoms with Crippen molar-refractivity contribution in [3.8, 4) is 0 Å². The average Bonchev–Trinajstić information content (AvgIpc) is 3.02. The van der Waals surface area contributed by atoms with Crippen molar-refractivity contribution in [1.82, 2.24) is 10.2 Å². The lowest BCUT2D eigenvalue weighted by Gasteiger charge is -2.30. The highest BCUT2D eigenvalue weighted by atomic mass is 32.2. The van der Waals surface area contributed by atoms with Gasteiger partial charge in [0.25, 0.3) is 0 Å². The molecule has 1 heterocycles. The second-order valence-corrected chi connectivity index (χ2v) is 7.77. The number of benzene rings is 1. The van der Waals surface area contributed by atoms with Crippen molar-refractivity contribution in [2.75, 3.05) is 12.3 Å². The molecule has 6 heteroatoms. The summed E-state index contributed by atoms with van der Waals surface area (Å²) >= 11 is 1.52. The first-order valence-corrected chi connectivity index (χ1v) is 9.97. The van der Waals surface area contributed by atoms with Crippen LogP contribution in [-0.2, 0) is 9.59 Å². The highest BCUT2D eigenvalue weighted by Gasteiger charge is 2.42. The summed E-state index contributed by atoms with van der Waals surface area (Å²) in [6.07, 6.45) is 3.10. The van der Waals surface area contributed by atoms with Crippen LogP contribution in [0, 0.1) is 11.7 Å². The predicted octanol–water partition coefficient (Wildman–Crippen LogP) is 3.73. The van der Waals surface area contributed by atoms with Crippen molar-refractivity contribution in [2.24, 2.45) is 5.92 Å². The Kier molecular flexibility index (Phi) is 7.29. The van der Waals surface area contributed by atoms with Crippen LogP contribution in [0.2, 0.25) is 0 Å². The van der Waals surface area contributed by atoms with Crippen molar-refractivity contribution in [3.63, 3.8) is 0 Å². The largest absolute Gasteiger partial charge is 0.354 e. The zero-order chi connectivity index (χ0) is 18.4. The molecule has 0 radical (unpaired) electrons. The van der Waals surface area contributed by atoms with E-state index >= 15 is 0 Å². The fraction of sp³-hybridized carbons (Fsp3) is 0.579. The summed E-state index contributed by atoms with van der Waals surface area (Å²) in [5.74, 6) is -0.212. The van der Waals surface area contributed by atoms with Crippen LogP contribution in [0.4, 0.5) is 4.39 Å². The molecule has 0 unspecified atom stereocenters. The van der Waals surface area contributed by atoms with Crippen molar-refractivity contribution in [1.29, 1.82) is 0 Å². The highest BCUT2D eigenvalue weighted by Crippen LogP contribution is 2.42. The van der Waals surface area contributed by atoms with Gasteiger partial charge in [-0.3, -0.25) is 9.59 Å². The topological polar surface area (TPSA) is 49.4 Å². The summed E-state index contributed by atoms with van der Waals surface area (Å²) in [7, 11) is 0. The summed E-state index contributed by atoms with van der Waals surface area (Å²) in [6, 6.07) is 5.77. The van der Waals surface area contributed by atoms with Gasteiger partial charge in [-0.25, -0.2) is 4.39 Å². The normalized spacial score (nSPS) is 20.1. The minimum atomic E-state index is -0.505. The molecule has 1 aromatic rings. The zero-order valence-corrected chi connectivity index (χ0v) is 15.9. The highest BCUT2D eigenvalue weighted by molar-refractivity contribution is 7.99. The molecule has 25 heavy (non-hydrogen) atoms. The fourth-order valence-corrected chi connectivity index (χ4v) is 4.32. The average molecular weight is 367 g/mol. The monoisotopic (exact) mass is 366 g/mol. The molecule has 4 nitrogen and oxygen atoms in total. The Balaban J connectivity index is 2.17. The molecule has 0 saturated carbocycles. The summed E-state index contributed by atoms with van der Waals surface area (Å²) in [6.45, 7) is 6.39. The first-order chi connectivity index (χ1) is 12.0. The number of carbonyl (C=O) groups excluding carboxylic acids is 2. The number of hydrogen-bond acceptors (Lipinski definition) is 3. The van der Waals surface area contributed by atoms with Crippen LogP contribution in [-0.4, -0.2) is 35.1 Å². The number of nitrogens with one attached hydrogen (secondary N) is 1. The summed E-state index contributed by atoms with van der Waals surface area (Å²) in [5, 5.41) is 2.62. The number of carbonyl (C=O) groups is 2. The molecule has 0 aliphatic carbocycles. The van der Waals surface area contributed by atoms with Crippen molar-refractivity contribution < 1.29 is 14.0 Å². The van der Waals surface area contributed by atoms with Gasteiger partial charge in [-0.2, -0.15) is 0 Å². The van der Waals surface area contributed by atoms with E-state index in [1.54, 1.807) is 11.0 Å². The van der Waals surface area contributed by atoms with Gasteiger partial charge in [0.2, 0.25) is 11.8 Å². The number of unbranched alkanes of at least 4 members (excludes halogenated alkanes) is 2. The summed E-state index contributed by atoms with van der Waals surface area (Å²) in [5.41, 5.74) is 0.722. The number of hydrogen-bond donors (Lipinski definition) is 1. The molecule has 2 atom stereocenters. The fourth-order valence-electron chi connectivity index (χ4n) is 2.90. The number of thioether (sulfide) groups is 1. The van der Waals surface area contributed by atoms with Crippen LogP contribution in [0.5, 0.6) is 0 Å². The van der Waals surface area contributed by atoms with E-state index in [0.29, 0.717) is 12.3 Å². The number of rotatable bonds is 7. The molecule has 1 saturated heterocycles. The van der Waals surface area contributed by atoms with Crippen molar-refractivity contribution in [3.05, 3.63) is 35.6 Å². The molecule has 138 valence electrons. The van der Waals surface area contributed by atoms with E-state index < -0.39 is 6.04 Å². The molecule has 0 bridgehead atoms. The minimum Gasteiger partial charge on any atom is -0.354 e. The summed E-state index contributed by atoms with van der Waals surface area (Å²) < 4.78 is 13.6. The molecule has 0 spiro atoms. The van der Waals surface area contributed by atoms with Gasteiger partial charge >= 0.3 is 0 Å². The first-order valence-electron chi connectivity index (χ1n) is 8.92. The number of nitrogens with zero attached hydrogens (tertiary/aromatic N) is 1. The van der Waals surface area contributed by atoms with Crippen molar-refractivity contribution in [2.45, 2.75) is 51.4 Å². The van der Waals surface area contributed by atoms with Gasteiger partial charge in [0.1, 0.15) is 17.2 Å². The predicted molar refractivity (Wildman–Crippen MR) is 99.6 cm³/mol. The van der Waals surface area contributed by atoms with E-state index in [4.69, 9.17) is 0 Å². The van der Waals surface area contributed by atoms with Gasteiger partial charge in [0.15, 0.2) is 0 Å². The number of amides is 2. The van der Waals surface area contributed by atoms with Gasteiger partial charge < -0.3 is 10.2 Å². The first kappa shape index (κ1) is 19.8. The molecule has 2 amide bonds. The molecule has 1 N–H and O–H groups in total. The molecular formula is C19H27FN2O2S. The van der Waals surface area contributed by atoms with Gasteiger partial charge in [-0.1, -0.05) is 45.7 Å². The Hall–Kier alpha value is -1.56. The van der Waals surface area contributed by atoms with Gasteiger partial charge in [-0.15, -0.1) is 11.8 Å². The third kappa shape index (κ3) is 4.97. The van der Waals surface area contributed by atoms with Gasteiger partial charge in [0, 0.05) is 18.2 Å². The van der Waals surface area contributed by atoms with Gasteiger partial charge in [-0.05, 0) is 24.1 Å². The molecular weight excluding hydrogens is 339 g/mol. The summed E-state index contributed by atoms with van der Waals surface area (Å²) in [4.78, 5) is 27.0. The zero-order valence-electron chi connectivity index (χ0n) is 15.1. The van der Waals surface area contributed by atoms with Crippen LogP contribution in [0.1, 0.15) is 51.0 Å². The minimum absolute atomic E-state index is 0.0760. The standard InChI is InChI=1S/C19H27FN2O2S/c1-4-5-6-10-21-17(23)16-12-25-19(22(16)18(24)13(2)3)14-8-7-9-15(20)11-14/h7-9,11,13,16,19H,4-6,10,12H2,1-3H3,(H,21,23)/t16-,19+/m1/s1. The molecule has 1 aliphatic rings. The van der Waals surface area contributed by atoms with Gasteiger partial charge in [0.05, 0.1) is 0 Å². The van der Waals surface area contributed by atoms with E-state index in [1.807, 2.05) is 19.9 Å². The van der Waals surface area contributed by atoms with E-state index in [0.717, 1.165) is 24.8 Å². The smallest absolute Gasteiger partial charge is 0.243 e. The van der Waals surface area contributed by atoms with Crippen LogP contribution >= 0.6 is 11.8 Å². The maximum atomic E-state index is 13.6. The lowest BCUT2D eigenvalue weighted by atomic mass is 10.1. The van der Waals surface area contributed by atoms with E-state index in [1.165, 1.54) is 23.9 Å². The number of halogens is 1. The molecule has 1 fully saturated rings. The SMILES string of the molecule is CCCCCNC(=O)[C@H]1CS[C@@H](c2cccc(F)c2)N1C(=O)C(C)C. The lowest BCUT2D eigenvalue weighted by Crippen LogP contribution is -2.49. The van der Waals surface area contributed by atoms with E-state index in [2.05, 4.69) is 12.2 Å². The maximum Gasteiger partial charge on any atom is 0.243 e. The lowest BCUT2D eigenvalue weighted by molar-refractivity contribution is -0.142. The van der Waals surface area contributed by atoms with Crippen LogP contribution in [0.3, 0.4) is 0 Å². The Morgan fingerprint density at radius 1 is 1.36 bits per heavy atom. The third-order valence-corrected chi connectivity index (χ3v) is 5.59. The third-order valence-electron chi connectivity index (χ3n) is 4.26. The van der Waals surface area contributed by atoms with Crippen LogP contribution < -0.4 is 5.32 Å². The second-order valence-electron chi connectivity index (χ2n) is 6.65. The van der Waals surface area contributed by atoms with Crippen molar-refractivity contribution >= 4 is 23.6 Å². The van der Waals surface area contributed by atoms with Crippen LogP contribution in [0.15, 0.2) is 24.3 Å². The Morgan fingerprint density at radius 3 is 2.76 bits per heavy atom. The quantitative estimate of drug-likeness (QED) is 0.748. The maximum absolute atomic E-state index is 13.6. The second kappa shape index (κ2) is 9.22. The van der Waals surface area contributed by atoms with E-state index in [9.17, 15) is 14.0 Å². The Labute approximate surface area is 153 Å². The van der Waals surface area contributed by atoms with Crippen LogP contribution in [0.25, 0.3) is 0 Å².